The molecule has 0 spiro atoms. The summed E-state index contributed by atoms with van der Waals surface area (Å²) in [7, 11) is -2.11. The molecule has 1 amide bonds. The monoisotopic (exact) mass is 486 g/mol. The number of carbonyl (C=O) groups excluding carboxylic acids is 1. The molecule has 8 heteroatoms. The smallest absolute Gasteiger partial charge is 0.247 e. The molecule has 0 aromatic heterocycles. The highest BCUT2D eigenvalue weighted by molar-refractivity contribution is 7.89. The average molecular weight is 487 g/mol. The number of amides is 1. The van der Waals surface area contributed by atoms with Gasteiger partial charge in [0.1, 0.15) is 16.7 Å². The van der Waals surface area contributed by atoms with Gasteiger partial charge in [0.05, 0.1) is 13.2 Å². The largest absolute Gasteiger partial charge is 0.487 e. The number of nitrogens with zero attached hydrogens (tertiary/aromatic N) is 2. The Labute approximate surface area is 202 Å². The number of benzene rings is 2. The van der Waals surface area contributed by atoms with Gasteiger partial charge in [-0.2, -0.15) is 4.31 Å². The SMILES string of the molecule is C[C@@H]1CN([C@@H](C)CO)S(=O)(=O)c2ccc(-c3ccccc3)cc2O[C@H]1CN(C)C(=O)CC1CC1. The van der Waals surface area contributed by atoms with Gasteiger partial charge in [0.15, 0.2) is 0 Å². The second-order valence-electron chi connectivity index (χ2n) is 9.69. The fraction of sp³-hybridized carbons (Fsp3) is 0.500. The molecule has 0 saturated heterocycles. The van der Waals surface area contributed by atoms with Crippen LogP contribution in [0.25, 0.3) is 11.1 Å². The number of likely N-dealkylation sites (N-methyl/N-ethyl adjacent to an activating group) is 1. The van der Waals surface area contributed by atoms with Crippen molar-refractivity contribution in [1.29, 1.82) is 0 Å². The zero-order chi connectivity index (χ0) is 24.5. The molecule has 1 heterocycles. The van der Waals surface area contributed by atoms with Crippen LogP contribution in [0.2, 0.25) is 0 Å². The standard InChI is InChI=1S/C26H34N2O5S/c1-18-15-28(19(2)17-29)34(31,32)25-12-11-22(21-7-5-4-6-8-21)14-23(25)33-24(18)16-27(3)26(30)13-20-9-10-20/h4-8,11-12,14,18-20,24,29H,9-10,13,15-17H2,1-3H3/t18-,19+,24+/m1/s1. The fourth-order valence-corrected chi connectivity index (χ4v) is 6.18. The molecule has 2 aliphatic rings. The molecular weight excluding hydrogens is 452 g/mol. The Hall–Kier alpha value is -2.42. The molecule has 1 fully saturated rings. The van der Waals surface area contributed by atoms with Crippen LogP contribution < -0.4 is 4.74 Å². The van der Waals surface area contributed by atoms with E-state index in [0.29, 0.717) is 18.9 Å². The topological polar surface area (TPSA) is 87.2 Å². The molecule has 1 aliphatic carbocycles. The number of ether oxygens (including phenoxy) is 1. The molecule has 34 heavy (non-hydrogen) atoms. The predicted molar refractivity (Wildman–Crippen MR) is 131 cm³/mol. The van der Waals surface area contributed by atoms with E-state index in [-0.39, 0.29) is 35.6 Å². The van der Waals surface area contributed by atoms with Crippen LogP contribution in [0.5, 0.6) is 5.75 Å². The summed E-state index contributed by atoms with van der Waals surface area (Å²) < 4.78 is 35.0. The molecule has 184 valence electrons. The van der Waals surface area contributed by atoms with Crippen molar-refractivity contribution >= 4 is 15.9 Å². The molecule has 0 radical (unpaired) electrons. The maximum absolute atomic E-state index is 13.6. The maximum atomic E-state index is 13.6. The van der Waals surface area contributed by atoms with E-state index in [4.69, 9.17) is 4.74 Å². The minimum absolute atomic E-state index is 0.0799. The first-order valence-electron chi connectivity index (χ1n) is 11.9. The first-order valence-corrected chi connectivity index (χ1v) is 13.4. The third-order valence-electron chi connectivity index (χ3n) is 6.81. The molecule has 3 atom stereocenters. The van der Waals surface area contributed by atoms with Gasteiger partial charge in [0.25, 0.3) is 0 Å². The number of rotatable bonds is 7. The van der Waals surface area contributed by atoms with E-state index in [0.717, 1.165) is 24.0 Å². The molecule has 0 bridgehead atoms. The van der Waals surface area contributed by atoms with E-state index in [9.17, 15) is 18.3 Å². The van der Waals surface area contributed by atoms with E-state index in [1.807, 2.05) is 37.3 Å². The first-order chi connectivity index (χ1) is 16.2. The van der Waals surface area contributed by atoms with Crippen LogP contribution in [0.15, 0.2) is 53.4 Å². The summed E-state index contributed by atoms with van der Waals surface area (Å²) in [6.45, 7) is 3.91. The van der Waals surface area contributed by atoms with Crippen molar-refractivity contribution in [3.8, 4) is 16.9 Å². The maximum Gasteiger partial charge on any atom is 0.247 e. The van der Waals surface area contributed by atoms with Crippen molar-refractivity contribution in [2.24, 2.45) is 11.8 Å². The van der Waals surface area contributed by atoms with Crippen molar-refractivity contribution in [1.82, 2.24) is 9.21 Å². The second-order valence-corrected chi connectivity index (χ2v) is 11.5. The van der Waals surface area contributed by atoms with Gasteiger partial charge < -0.3 is 14.7 Å². The Kier molecular flexibility index (Phi) is 7.31. The Morgan fingerprint density at radius 1 is 1.18 bits per heavy atom. The number of aliphatic hydroxyl groups excluding tert-OH is 1. The molecule has 1 aliphatic heterocycles. The highest BCUT2D eigenvalue weighted by Crippen LogP contribution is 2.37. The van der Waals surface area contributed by atoms with Crippen molar-refractivity contribution in [2.75, 3.05) is 26.7 Å². The number of aliphatic hydroxyl groups is 1. The van der Waals surface area contributed by atoms with Gasteiger partial charge in [0.2, 0.25) is 15.9 Å². The Balaban J connectivity index is 1.72. The zero-order valence-electron chi connectivity index (χ0n) is 20.1. The molecule has 7 nitrogen and oxygen atoms in total. The number of sulfonamides is 1. The van der Waals surface area contributed by atoms with E-state index in [1.54, 1.807) is 37.1 Å². The van der Waals surface area contributed by atoms with E-state index < -0.39 is 22.2 Å². The van der Waals surface area contributed by atoms with Crippen molar-refractivity contribution in [3.63, 3.8) is 0 Å². The van der Waals surface area contributed by atoms with Crippen LogP contribution in [0.3, 0.4) is 0 Å². The molecule has 1 saturated carbocycles. The van der Waals surface area contributed by atoms with Crippen LogP contribution in [-0.2, 0) is 14.8 Å². The third-order valence-corrected chi connectivity index (χ3v) is 8.83. The van der Waals surface area contributed by atoms with Crippen LogP contribution in [0.1, 0.15) is 33.1 Å². The lowest BCUT2D eigenvalue weighted by Crippen LogP contribution is -2.50. The molecule has 0 unspecified atom stereocenters. The van der Waals surface area contributed by atoms with Crippen LogP contribution >= 0.6 is 0 Å². The highest BCUT2D eigenvalue weighted by Gasteiger charge is 2.38. The summed E-state index contributed by atoms with van der Waals surface area (Å²) in [5.41, 5.74) is 1.80. The minimum Gasteiger partial charge on any atom is -0.487 e. The minimum atomic E-state index is -3.89. The fourth-order valence-electron chi connectivity index (χ4n) is 4.35. The normalized spacial score (nSPS) is 23.2. The molecule has 2 aromatic carbocycles. The summed E-state index contributed by atoms with van der Waals surface area (Å²) in [4.78, 5) is 14.4. The van der Waals surface area contributed by atoms with E-state index in [2.05, 4.69) is 0 Å². The lowest BCUT2D eigenvalue weighted by atomic mass is 10.0. The lowest BCUT2D eigenvalue weighted by Gasteiger charge is -2.37. The Morgan fingerprint density at radius 2 is 1.88 bits per heavy atom. The highest BCUT2D eigenvalue weighted by atomic mass is 32.2. The number of carbonyl (C=O) groups is 1. The zero-order valence-corrected chi connectivity index (χ0v) is 20.9. The molecular formula is C26H34N2O5S. The summed E-state index contributed by atoms with van der Waals surface area (Å²) in [5, 5.41) is 9.79. The number of hydrogen-bond donors (Lipinski definition) is 1. The van der Waals surface area contributed by atoms with Gasteiger partial charge in [-0.15, -0.1) is 0 Å². The van der Waals surface area contributed by atoms with Crippen LogP contribution in [-0.4, -0.2) is 67.5 Å². The predicted octanol–water partition coefficient (Wildman–Crippen LogP) is 3.38. The van der Waals surface area contributed by atoms with E-state index >= 15 is 0 Å². The summed E-state index contributed by atoms with van der Waals surface area (Å²) in [6.07, 6.45) is 2.37. The van der Waals surface area contributed by atoms with E-state index in [1.165, 1.54) is 4.31 Å². The third kappa shape index (κ3) is 5.29. The van der Waals surface area contributed by atoms with Gasteiger partial charge >= 0.3 is 0 Å². The summed E-state index contributed by atoms with van der Waals surface area (Å²) in [6, 6.07) is 14.3. The van der Waals surface area contributed by atoms with Crippen molar-refractivity contribution in [3.05, 3.63) is 48.5 Å². The van der Waals surface area contributed by atoms with Gasteiger partial charge in [0, 0.05) is 32.0 Å². The van der Waals surface area contributed by atoms with Crippen molar-refractivity contribution in [2.45, 2.75) is 50.2 Å². The second kappa shape index (κ2) is 10.1. The average Bonchev–Trinajstić information content (AvgIpc) is 3.65. The quantitative estimate of drug-likeness (QED) is 0.648. The van der Waals surface area contributed by atoms with Gasteiger partial charge in [-0.3, -0.25) is 4.79 Å². The summed E-state index contributed by atoms with van der Waals surface area (Å²) in [5.74, 6) is 0.655. The Bertz CT molecular complexity index is 1120. The van der Waals surface area contributed by atoms with Crippen LogP contribution in [0, 0.1) is 11.8 Å². The molecule has 4 rings (SSSR count). The number of hydrogen-bond acceptors (Lipinski definition) is 5. The summed E-state index contributed by atoms with van der Waals surface area (Å²) >= 11 is 0. The Morgan fingerprint density at radius 3 is 2.53 bits per heavy atom. The number of fused-ring (bicyclic) bond motifs is 1. The lowest BCUT2D eigenvalue weighted by molar-refractivity contribution is -0.131. The molecule has 1 N–H and O–H groups in total. The van der Waals surface area contributed by atoms with Gasteiger partial charge in [-0.05, 0) is 48.9 Å². The first kappa shape index (κ1) is 24.7. The van der Waals surface area contributed by atoms with Gasteiger partial charge in [-0.1, -0.05) is 43.3 Å². The van der Waals surface area contributed by atoms with Crippen LogP contribution in [0.4, 0.5) is 0 Å². The van der Waals surface area contributed by atoms with Crippen molar-refractivity contribution < 1.29 is 23.1 Å². The van der Waals surface area contributed by atoms with Gasteiger partial charge in [-0.25, -0.2) is 8.42 Å². The molecule has 2 aromatic rings.